The SMILES string of the molecule is CCCNC1c2ccccc2CCCC1N(CC)CC. The summed E-state index contributed by atoms with van der Waals surface area (Å²) in [5.41, 5.74) is 3.09. The molecular formula is C18H30N2. The third kappa shape index (κ3) is 3.42. The first-order chi connectivity index (χ1) is 9.81. The Kier molecular flexibility index (Phi) is 6.06. The molecule has 1 aliphatic rings. The van der Waals surface area contributed by atoms with E-state index in [2.05, 4.69) is 55.3 Å². The highest BCUT2D eigenvalue weighted by Gasteiger charge is 2.30. The van der Waals surface area contributed by atoms with Crippen LogP contribution in [0.1, 0.15) is 57.2 Å². The van der Waals surface area contributed by atoms with Crippen molar-refractivity contribution in [1.29, 1.82) is 0 Å². The molecule has 20 heavy (non-hydrogen) atoms. The van der Waals surface area contributed by atoms with Crippen LogP contribution < -0.4 is 5.32 Å². The Morgan fingerprint density at radius 3 is 2.60 bits per heavy atom. The molecule has 0 radical (unpaired) electrons. The minimum Gasteiger partial charge on any atom is -0.309 e. The van der Waals surface area contributed by atoms with Gasteiger partial charge in [0.2, 0.25) is 0 Å². The number of benzene rings is 1. The van der Waals surface area contributed by atoms with Gasteiger partial charge in [-0.2, -0.15) is 0 Å². The maximum absolute atomic E-state index is 3.82. The fourth-order valence-electron chi connectivity index (χ4n) is 3.57. The molecule has 2 nitrogen and oxygen atoms in total. The van der Waals surface area contributed by atoms with Gasteiger partial charge in [0.1, 0.15) is 0 Å². The number of fused-ring (bicyclic) bond motifs is 1. The van der Waals surface area contributed by atoms with E-state index < -0.39 is 0 Å². The summed E-state index contributed by atoms with van der Waals surface area (Å²) in [5, 5.41) is 3.82. The molecule has 2 heteroatoms. The number of nitrogens with one attached hydrogen (secondary N) is 1. The zero-order valence-electron chi connectivity index (χ0n) is 13.4. The second-order valence-electron chi connectivity index (χ2n) is 5.81. The summed E-state index contributed by atoms with van der Waals surface area (Å²) in [6, 6.07) is 10.2. The Bertz CT molecular complexity index is 398. The van der Waals surface area contributed by atoms with Crippen LogP contribution in [0, 0.1) is 0 Å². The van der Waals surface area contributed by atoms with Gasteiger partial charge in [-0.1, -0.05) is 45.0 Å². The van der Waals surface area contributed by atoms with Gasteiger partial charge in [0.05, 0.1) is 0 Å². The van der Waals surface area contributed by atoms with Gasteiger partial charge in [0.25, 0.3) is 0 Å². The van der Waals surface area contributed by atoms with E-state index in [0.717, 1.165) is 19.6 Å². The number of hydrogen-bond donors (Lipinski definition) is 1. The van der Waals surface area contributed by atoms with Gasteiger partial charge in [0, 0.05) is 12.1 Å². The predicted molar refractivity (Wildman–Crippen MR) is 87.1 cm³/mol. The third-order valence-corrected chi connectivity index (χ3v) is 4.62. The number of hydrogen-bond acceptors (Lipinski definition) is 2. The van der Waals surface area contributed by atoms with Crippen molar-refractivity contribution >= 4 is 0 Å². The van der Waals surface area contributed by atoms with Gasteiger partial charge < -0.3 is 5.32 Å². The molecule has 0 fully saturated rings. The average molecular weight is 274 g/mol. The van der Waals surface area contributed by atoms with Crippen LogP contribution in [0.4, 0.5) is 0 Å². The van der Waals surface area contributed by atoms with Gasteiger partial charge in [-0.05, 0) is 56.4 Å². The summed E-state index contributed by atoms with van der Waals surface area (Å²) in [5.74, 6) is 0. The molecule has 0 aliphatic heterocycles. The molecule has 0 spiro atoms. The highest BCUT2D eigenvalue weighted by molar-refractivity contribution is 5.32. The monoisotopic (exact) mass is 274 g/mol. The number of likely N-dealkylation sites (N-methyl/N-ethyl adjacent to an activating group) is 1. The lowest BCUT2D eigenvalue weighted by Gasteiger charge is -2.36. The molecule has 0 aromatic heterocycles. The molecule has 112 valence electrons. The molecule has 1 aromatic carbocycles. The number of aryl methyl sites for hydroxylation is 1. The summed E-state index contributed by atoms with van der Waals surface area (Å²) in [6.45, 7) is 10.2. The van der Waals surface area contributed by atoms with Gasteiger partial charge in [0.15, 0.2) is 0 Å². The minimum atomic E-state index is 0.494. The largest absolute Gasteiger partial charge is 0.309 e. The quantitative estimate of drug-likeness (QED) is 0.794. The molecule has 0 saturated carbocycles. The van der Waals surface area contributed by atoms with Crippen molar-refractivity contribution in [2.45, 2.75) is 58.5 Å². The Balaban J connectivity index is 2.31. The molecule has 2 rings (SSSR count). The van der Waals surface area contributed by atoms with Crippen LogP contribution in [-0.2, 0) is 6.42 Å². The molecule has 1 N–H and O–H groups in total. The molecule has 0 saturated heterocycles. The summed E-state index contributed by atoms with van der Waals surface area (Å²) < 4.78 is 0. The average Bonchev–Trinajstić information content (AvgIpc) is 2.66. The lowest BCUT2D eigenvalue weighted by molar-refractivity contribution is 0.163. The van der Waals surface area contributed by atoms with E-state index in [0.29, 0.717) is 12.1 Å². The highest BCUT2D eigenvalue weighted by Crippen LogP contribution is 2.31. The Labute approximate surface area is 124 Å². The van der Waals surface area contributed by atoms with Crippen molar-refractivity contribution in [2.75, 3.05) is 19.6 Å². The van der Waals surface area contributed by atoms with Crippen LogP contribution in [0.3, 0.4) is 0 Å². The molecular weight excluding hydrogens is 244 g/mol. The van der Waals surface area contributed by atoms with E-state index in [1.807, 2.05) is 0 Å². The van der Waals surface area contributed by atoms with Crippen LogP contribution in [0.25, 0.3) is 0 Å². The van der Waals surface area contributed by atoms with E-state index in [1.165, 1.54) is 31.2 Å². The minimum absolute atomic E-state index is 0.494. The van der Waals surface area contributed by atoms with Crippen LogP contribution in [0.15, 0.2) is 24.3 Å². The number of nitrogens with zero attached hydrogens (tertiary/aromatic N) is 1. The van der Waals surface area contributed by atoms with Gasteiger partial charge in [-0.3, -0.25) is 4.90 Å². The molecule has 0 heterocycles. The highest BCUT2D eigenvalue weighted by atomic mass is 15.2. The van der Waals surface area contributed by atoms with Crippen molar-refractivity contribution in [3.8, 4) is 0 Å². The van der Waals surface area contributed by atoms with E-state index in [1.54, 1.807) is 5.56 Å². The van der Waals surface area contributed by atoms with Crippen molar-refractivity contribution in [2.24, 2.45) is 0 Å². The molecule has 2 atom stereocenters. The van der Waals surface area contributed by atoms with Crippen molar-refractivity contribution in [1.82, 2.24) is 10.2 Å². The number of rotatable bonds is 6. The van der Waals surface area contributed by atoms with E-state index >= 15 is 0 Å². The lowest BCUT2D eigenvalue weighted by Crippen LogP contribution is -2.44. The molecule has 0 amide bonds. The van der Waals surface area contributed by atoms with Crippen molar-refractivity contribution in [3.63, 3.8) is 0 Å². The van der Waals surface area contributed by atoms with Crippen LogP contribution >= 0.6 is 0 Å². The smallest absolute Gasteiger partial charge is 0.0480 e. The van der Waals surface area contributed by atoms with E-state index in [-0.39, 0.29) is 0 Å². The van der Waals surface area contributed by atoms with Gasteiger partial charge >= 0.3 is 0 Å². The molecule has 1 aliphatic carbocycles. The standard InChI is InChI=1S/C18H30N2/c1-4-14-19-18-16-12-8-7-10-15(16)11-9-13-17(18)20(5-2)6-3/h7-8,10,12,17-19H,4-6,9,11,13-14H2,1-3H3. The van der Waals surface area contributed by atoms with Crippen LogP contribution in [-0.4, -0.2) is 30.6 Å². The zero-order valence-corrected chi connectivity index (χ0v) is 13.4. The van der Waals surface area contributed by atoms with Crippen molar-refractivity contribution < 1.29 is 0 Å². The predicted octanol–water partition coefficient (Wildman–Crippen LogP) is 3.77. The summed E-state index contributed by atoms with van der Waals surface area (Å²) in [7, 11) is 0. The Morgan fingerprint density at radius 2 is 1.90 bits per heavy atom. The topological polar surface area (TPSA) is 15.3 Å². The first kappa shape index (κ1) is 15.5. The first-order valence-electron chi connectivity index (χ1n) is 8.37. The van der Waals surface area contributed by atoms with E-state index in [4.69, 9.17) is 0 Å². The maximum Gasteiger partial charge on any atom is 0.0480 e. The van der Waals surface area contributed by atoms with Crippen LogP contribution in [0.5, 0.6) is 0 Å². The normalized spacial score (nSPS) is 22.6. The maximum atomic E-state index is 3.82. The van der Waals surface area contributed by atoms with E-state index in [9.17, 15) is 0 Å². The second kappa shape index (κ2) is 7.80. The first-order valence-corrected chi connectivity index (χ1v) is 8.37. The van der Waals surface area contributed by atoms with Gasteiger partial charge in [-0.15, -0.1) is 0 Å². The summed E-state index contributed by atoms with van der Waals surface area (Å²) in [4.78, 5) is 2.63. The zero-order chi connectivity index (χ0) is 14.4. The van der Waals surface area contributed by atoms with Crippen molar-refractivity contribution in [3.05, 3.63) is 35.4 Å². The third-order valence-electron chi connectivity index (χ3n) is 4.62. The summed E-state index contributed by atoms with van der Waals surface area (Å²) in [6.07, 6.45) is 5.04. The Morgan fingerprint density at radius 1 is 1.15 bits per heavy atom. The lowest BCUT2D eigenvalue weighted by atomic mass is 9.95. The summed E-state index contributed by atoms with van der Waals surface area (Å²) >= 11 is 0. The molecule has 0 bridgehead atoms. The second-order valence-corrected chi connectivity index (χ2v) is 5.81. The fourth-order valence-corrected chi connectivity index (χ4v) is 3.57. The fraction of sp³-hybridized carbons (Fsp3) is 0.667. The van der Waals surface area contributed by atoms with Gasteiger partial charge in [-0.25, -0.2) is 0 Å². The Hall–Kier alpha value is -0.860. The molecule has 2 unspecified atom stereocenters. The van der Waals surface area contributed by atoms with Crippen LogP contribution in [0.2, 0.25) is 0 Å². The molecule has 1 aromatic rings.